The Morgan fingerprint density at radius 3 is 2.96 bits per heavy atom. The first-order chi connectivity index (χ1) is 12.0. The summed E-state index contributed by atoms with van der Waals surface area (Å²) in [7, 11) is 1.83. The fourth-order valence-corrected chi connectivity index (χ4v) is 3.01. The third-order valence-electron chi connectivity index (χ3n) is 4.21. The maximum absolute atomic E-state index is 12.7. The lowest BCUT2D eigenvalue weighted by molar-refractivity contribution is -0.119. The lowest BCUT2D eigenvalue weighted by Crippen LogP contribution is -2.28. The van der Waals surface area contributed by atoms with E-state index in [1.807, 2.05) is 13.2 Å². The zero-order chi connectivity index (χ0) is 17.8. The smallest absolute Gasteiger partial charge is 0.272 e. The standard InChI is InChI=1S/C17H20F2N4O2/c1-23-9-11(6-21-23)12-7-20-8-13(12)17(24)22-14-4-2-3-5-15(14)25-10-16(18)19/h2-6,9,12-13,16,20H,7-8,10H2,1H3,(H,22,24)/t12-,13+/m1/s1. The third-order valence-corrected chi connectivity index (χ3v) is 4.21. The molecule has 0 radical (unpaired) electrons. The quantitative estimate of drug-likeness (QED) is 0.836. The number of para-hydroxylation sites is 2. The molecule has 0 aliphatic carbocycles. The molecule has 3 rings (SSSR count). The maximum Gasteiger partial charge on any atom is 0.272 e. The number of ether oxygens (including phenoxy) is 1. The molecule has 2 atom stereocenters. The van der Waals surface area contributed by atoms with Gasteiger partial charge in [0.25, 0.3) is 6.43 Å². The van der Waals surface area contributed by atoms with Crippen LogP contribution in [-0.4, -0.2) is 41.8 Å². The molecule has 8 heteroatoms. The topological polar surface area (TPSA) is 68.2 Å². The molecule has 0 saturated carbocycles. The Morgan fingerprint density at radius 1 is 1.44 bits per heavy atom. The molecule has 2 N–H and O–H groups in total. The Morgan fingerprint density at radius 2 is 2.24 bits per heavy atom. The molecule has 1 fully saturated rings. The van der Waals surface area contributed by atoms with E-state index in [1.54, 1.807) is 35.1 Å². The molecule has 25 heavy (non-hydrogen) atoms. The van der Waals surface area contributed by atoms with Crippen molar-refractivity contribution in [2.75, 3.05) is 25.0 Å². The summed E-state index contributed by atoms with van der Waals surface area (Å²) in [4.78, 5) is 12.7. The molecule has 0 bridgehead atoms. The van der Waals surface area contributed by atoms with Gasteiger partial charge < -0.3 is 15.4 Å². The summed E-state index contributed by atoms with van der Waals surface area (Å²) in [5.74, 6) is -0.192. The summed E-state index contributed by atoms with van der Waals surface area (Å²) in [6, 6.07) is 6.59. The molecule has 1 aliphatic heterocycles. The van der Waals surface area contributed by atoms with E-state index in [4.69, 9.17) is 4.74 Å². The van der Waals surface area contributed by atoms with Crippen molar-refractivity contribution in [2.24, 2.45) is 13.0 Å². The second-order valence-electron chi connectivity index (χ2n) is 6.01. The Hall–Kier alpha value is -2.48. The van der Waals surface area contributed by atoms with Crippen LogP contribution in [0.3, 0.4) is 0 Å². The molecule has 2 heterocycles. The van der Waals surface area contributed by atoms with Gasteiger partial charge in [0, 0.05) is 32.3 Å². The number of anilines is 1. The Kier molecular flexibility index (Phi) is 5.28. The largest absolute Gasteiger partial charge is 0.485 e. The molecule has 2 aromatic rings. The minimum absolute atomic E-state index is 0.0165. The highest BCUT2D eigenvalue weighted by atomic mass is 19.3. The number of alkyl halides is 2. The highest BCUT2D eigenvalue weighted by molar-refractivity contribution is 5.95. The van der Waals surface area contributed by atoms with Crippen LogP contribution in [0.2, 0.25) is 0 Å². The van der Waals surface area contributed by atoms with E-state index in [-0.39, 0.29) is 23.5 Å². The van der Waals surface area contributed by atoms with Crippen molar-refractivity contribution >= 4 is 11.6 Å². The summed E-state index contributed by atoms with van der Waals surface area (Å²) in [6.45, 7) is 0.523. The van der Waals surface area contributed by atoms with Gasteiger partial charge in [-0.1, -0.05) is 12.1 Å². The first-order valence-electron chi connectivity index (χ1n) is 8.04. The van der Waals surface area contributed by atoms with E-state index in [0.717, 1.165) is 5.56 Å². The monoisotopic (exact) mass is 350 g/mol. The molecule has 1 aromatic heterocycles. The number of hydrogen-bond acceptors (Lipinski definition) is 4. The number of benzene rings is 1. The molecular formula is C17H20F2N4O2. The number of rotatable bonds is 6. The SMILES string of the molecule is Cn1cc([C@H]2CNC[C@@H]2C(=O)Nc2ccccc2OCC(F)F)cn1. The van der Waals surface area contributed by atoms with Gasteiger partial charge in [-0.3, -0.25) is 9.48 Å². The van der Waals surface area contributed by atoms with Gasteiger partial charge in [0.05, 0.1) is 17.8 Å². The van der Waals surface area contributed by atoms with E-state index in [2.05, 4.69) is 15.7 Å². The average molecular weight is 350 g/mol. The molecule has 1 aromatic carbocycles. The van der Waals surface area contributed by atoms with E-state index >= 15 is 0 Å². The predicted octanol–water partition coefficient (Wildman–Crippen LogP) is 2.01. The van der Waals surface area contributed by atoms with Crippen molar-refractivity contribution in [2.45, 2.75) is 12.3 Å². The number of carbonyl (C=O) groups excluding carboxylic acids is 1. The number of carbonyl (C=O) groups is 1. The number of nitrogens with zero attached hydrogens (tertiary/aromatic N) is 2. The lowest BCUT2D eigenvalue weighted by atomic mass is 9.90. The second-order valence-corrected chi connectivity index (χ2v) is 6.01. The third kappa shape index (κ3) is 4.14. The molecule has 0 unspecified atom stereocenters. The number of amides is 1. The Labute approximate surface area is 144 Å². The zero-order valence-electron chi connectivity index (χ0n) is 13.8. The van der Waals surface area contributed by atoms with Crippen LogP contribution in [0.4, 0.5) is 14.5 Å². The van der Waals surface area contributed by atoms with E-state index < -0.39 is 13.0 Å². The van der Waals surface area contributed by atoms with Gasteiger partial charge in [0.15, 0.2) is 0 Å². The van der Waals surface area contributed by atoms with Crippen LogP contribution in [0, 0.1) is 5.92 Å². The van der Waals surface area contributed by atoms with Crippen molar-refractivity contribution in [3.8, 4) is 5.75 Å². The minimum Gasteiger partial charge on any atom is -0.485 e. The summed E-state index contributed by atoms with van der Waals surface area (Å²) in [6.07, 6.45) is 1.09. The summed E-state index contributed by atoms with van der Waals surface area (Å²) < 4.78 is 31.5. The minimum atomic E-state index is -2.57. The lowest BCUT2D eigenvalue weighted by Gasteiger charge is -2.18. The van der Waals surface area contributed by atoms with Crippen LogP contribution in [0.1, 0.15) is 11.5 Å². The van der Waals surface area contributed by atoms with Crippen LogP contribution in [-0.2, 0) is 11.8 Å². The van der Waals surface area contributed by atoms with Crippen LogP contribution >= 0.6 is 0 Å². The first-order valence-corrected chi connectivity index (χ1v) is 8.04. The van der Waals surface area contributed by atoms with Gasteiger partial charge in [0.2, 0.25) is 5.91 Å². The van der Waals surface area contributed by atoms with Crippen molar-refractivity contribution in [3.63, 3.8) is 0 Å². The van der Waals surface area contributed by atoms with Crippen molar-refractivity contribution < 1.29 is 18.3 Å². The number of nitrogens with one attached hydrogen (secondary N) is 2. The summed E-state index contributed by atoms with van der Waals surface area (Å²) in [5, 5.41) is 10.2. The van der Waals surface area contributed by atoms with Gasteiger partial charge >= 0.3 is 0 Å². The van der Waals surface area contributed by atoms with Crippen LogP contribution in [0.15, 0.2) is 36.7 Å². The Balaban J connectivity index is 1.71. The molecule has 134 valence electrons. The maximum atomic E-state index is 12.7. The van der Waals surface area contributed by atoms with Crippen LogP contribution in [0.25, 0.3) is 0 Å². The molecule has 6 nitrogen and oxygen atoms in total. The van der Waals surface area contributed by atoms with Gasteiger partial charge in [-0.2, -0.15) is 5.10 Å². The second kappa shape index (κ2) is 7.60. The number of aromatic nitrogens is 2. The highest BCUT2D eigenvalue weighted by Crippen LogP contribution is 2.30. The van der Waals surface area contributed by atoms with Crippen LogP contribution in [0.5, 0.6) is 5.75 Å². The average Bonchev–Trinajstić information content (AvgIpc) is 3.22. The molecule has 1 saturated heterocycles. The van der Waals surface area contributed by atoms with Gasteiger partial charge in [0.1, 0.15) is 12.4 Å². The number of aryl methyl sites for hydroxylation is 1. The van der Waals surface area contributed by atoms with Crippen molar-refractivity contribution in [1.82, 2.24) is 15.1 Å². The van der Waals surface area contributed by atoms with E-state index in [9.17, 15) is 13.6 Å². The van der Waals surface area contributed by atoms with Crippen molar-refractivity contribution in [1.29, 1.82) is 0 Å². The van der Waals surface area contributed by atoms with Crippen LogP contribution < -0.4 is 15.4 Å². The van der Waals surface area contributed by atoms with Gasteiger partial charge in [-0.15, -0.1) is 0 Å². The first kappa shape index (κ1) is 17.3. The number of halogens is 2. The molecule has 1 amide bonds. The highest BCUT2D eigenvalue weighted by Gasteiger charge is 2.35. The van der Waals surface area contributed by atoms with E-state index in [0.29, 0.717) is 18.8 Å². The number of hydrogen-bond donors (Lipinski definition) is 2. The Bertz CT molecular complexity index is 735. The summed E-state index contributed by atoms with van der Waals surface area (Å²) >= 11 is 0. The summed E-state index contributed by atoms with van der Waals surface area (Å²) in [5.41, 5.74) is 1.39. The molecule has 0 spiro atoms. The van der Waals surface area contributed by atoms with E-state index in [1.165, 1.54) is 0 Å². The fraction of sp³-hybridized carbons (Fsp3) is 0.412. The van der Waals surface area contributed by atoms with Gasteiger partial charge in [-0.05, 0) is 17.7 Å². The molecule has 1 aliphatic rings. The zero-order valence-corrected chi connectivity index (χ0v) is 13.8. The normalized spacial score (nSPS) is 20.0. The van der Waals surface area contributed by atoms with Crippen molar-refractivity contribution in [3.05, 3.63) is 42.2 Å². The molecular weight excluding hydrogens is 330 g/mol. The van der Waals surface area contributed by atoms with Gasteiger partial charge in [-0.25, -0.2) is 8.78 Å². The fourth-order valence-electron chi connectivity index (χ4n) is 3.01. The predicted molar refractivity (Wildman–Crippen MR) is 88.9 cm³/mol.